The maximum Gasteiger partial charge on any atom is 0.273 e. The van der Waals surface area contributed by atoms with Gasteiger partial charge in [0.25, 0.3) is 10.0 Å². The second kappa shape index (κ2) is 5.62. The zero-order valence-corrected chi connectivity index (χ0v) is 11.8. The zero-order chi connectivity index (χ0) is 13.9. The molecule has 108 valence electrons. The number of furan rings is 1. The maximum atomic E-state index is 12.0. The molecule has 1 saturated carbocycles. The highest BCUT2D eigenvalue weighted by Crippen LogP contribution is 2.44. The van der Waals surface area contributed by atoms with Crippen LogP contribution in [-0.4, -0.2) is 33.2 Å². The van der Waals surface area contributed by atoms with Gasteiger partial charge in [-0.25, -0.2) is 13.1 Å². The highest BCUT2D eigenvalue weighted by Gasteiger charge is 2.42. The van der Waals surface area contributed by atoms with Crippen molar-refractivity contribution in [3.8, 4) is 0 Å². The van der Waals surface area contributed by atoms with Gasteiger partial charge in [0.15, 0.2) is 0 Å². The molecule has 0 saturated heterocycles. The van der Waals surface area contributed by atoms with Crippen LogP contribution in [0.1, 0.15) is 25.5 Å². The van der Waals surface area contributed by atoms with Crippen molar-refractivity contribution >= 4 is 10.0 Å². The molecule has 0 atom stereocenters. The Balaban J connectivity index is 1.97. The van der Waals surface area contributed by atoms with E-state index in [4.69, 9.17) is 9.52 Å². The molecule has 1 heterocycles. The lowest BCUT2D eigenvalue weighted by molar-refractivity contribution is 0.213. The molecular formula is C12H20N2O4S. The SMILES string of the molecule is CCNCc1ccc(S(=O)(=O)NCC2(CO)CC2)o1. The van der Waals surface area contributed by atoms with Crippen LogP contribution in [-0.2, 0) is 16.6 Å². The van der Waals surface area contributed by atoms with Gasteiger partial charge in [0.2, 0.25) is 5.09 Å². The van der Waals surface area contributed by atoms with Crippen LogP contribution in [0.4, 0.5) is 0 Å². The lowest BCUT2D eigenvalue weighted by Crippen LogP contribution is -2.31. The Kier molecular flexibility index (Phi) is 4.29. The van der Waals surface area contributed by atoms with Gasteiger partial charge < -0.3 is 14.8 Å². The van der Waals surface area contributed by atoms with Crippen molar-refractivity contribution in [1.82, 2.24) is 10.0 Å². The van der Waals surface area contributed by atoms with E-state index < -0.39 is 10.0 Å². The van der Waals surface area contributed by atoms with E-state index in [-0.39, 0.29) is 23.7 Å². The summed E-state index contributed by atoms with van der Waals surface area (Å²) in [7, 11) is -3.62. The number of hydrogen-bond donors (Lipinski definition) is 3. The number of hydrogen-bond acceptors (Lipinski definition) is 5. The summed E-state index contributed by atoms with van der Waals surface area (Å²) in [6.07, 6.45) is 1.71. The molecule has 0 spiro atoms. The normalized spacial score (nSPS) is 17.6. The minimum absolute atomic E-state index is 0.0132. The van der Waals surface area contributed by atoms with Crippen molar-refractivity contribution in [3.63, 3.8) is 0 Å². The topological polar surface area (TPSA) is 91.6 Å². The van der Waals surface area contributed by atoms with Gasteiger partial charge in [-0.05, 0) is 31.5 Å². The Morgan fingerprint density at radius 3 is 2.74 bits per heavy atom. The summed E-state index contributed by atoms with van der Waals surface area (Å²) in [4.78, 5) is 0. The molecule has 1 fully saturated rings. The predicted molar refractivity (Wildman–Crippen MR) is 70.0 cm³/mol. The number of nitrogens with one attached hydrogen (secondary N) is 2. The summed E-state index contributed by atoms with van der Waals surface area (Å²) in [5.74, 6) is 0.588. The van der Waals surface area contributed by atoms with Crippen molar-refractivity contribution < 1.29 is 17.9 Å². The maximum absolute atomic E-state index is 12.0. The van der Waals surface area contributed by atoms with Crippen molar-refractivity contribution in [1.29, 1.82) is 0 Å². The molecule has 1 aliphatic rings. The number of aliphatic hydroxyl groups excluding tert-OH is 1. The summed E-state index contributed by atoms with van der Waals surface area (Å²) in [5, 5.41) is 12.1. The lowest BCUT2D eigenvalue weighted by Gasteiger charge is -2.11. The fourth-order valence-electron chi connectivity index (χ4n) is 1.73. The molecule has 0 aliphatic heterocycles. The van der Waals surface area contributed by atoms with Gasteiger partial charge in [0, 0.05) is 18.6 Å². The summed E-state index contributed by atoms with van der Waals surface area (Å²) in [5.41, 5.74) is -0.258. The summed E-state index contributed by atoms with van der Waals surface area (Å²) < 4.78 is 31.8. The standard InChI is InChI=1S/C12H20N2O4S/c1-2-13-7-10-3-4-11(18-10)19(16,17)14-8-12(9-15)5-6-12/h3-4,13-15H,2,5-9H2,1H3. The molecule has 1 aromatic heterocycles. The zero-order valence-electron chi connectivity index (χ0n) is 11.0. The van der Waals surface area contributed by atoms with Crippen LogP contribution < -0.4 is 10.0 Å². The molecule has 3 N–H and O–H groups in total. The van der Waals surface area contributed by atoms with Crippen LogP contribution in [0, 0.1) is 5.41 Å². The van der Waals surface area contributed by atoms with Crippen molar-refractivity contribution in [2.24, 2.45) is 5.41 Å². The molecule has 2 rings (SSSR count). The second-order valence-corrected chi connectivity index (χ2v) is 6.68. The van der Waals surface area contributed by atoms with Gasteiger partial charge in [-0.1, -0.05) is 6.92 Å². The van der Waals surface area contributed by atoms with E-state index in [0.717, 1.165) is 19.4 Å². The fourth-order valence-corrected chi connectivity index (χ4v) is 2.84. The van der Waals surface area contributed by atoms with Crippen molar-refractivity contribution in [2.75, 3.05) is 19.7 Å². The van der Waals surface area contributed by atoms with Gasteiger partial charge in [-0.3, -0.25) is 0 Å². The molecule has 0 radical (unpaired) electrons. The molecule has 7 heteroatoms. The minimum atomic E-state index is -3.62. The molecule has 6 nitrogen and oxygen atoms in total. The van der Waals surface area contributed by atoms with E-state index in [2.05, 4.69) is 10.0 Å². The first-order valence-electron chi connectivity index (χ1n) is 6.41. The third kappa shape index (κ3) is 3.56. The Hall–Kier alpha value is -0.890. The number of rotatable bonds is 8. The van der Waals surface area contributed by atoms with Crippen molar-refractivity contribution in [2.45, 2.75) is 31.4 Å². The Morgan fingerprint density at radius 1 is 1.42 bits per heavy atom. The smallest absolute Gasteiger partial charge is 0.273 e. The molecule has 0 aromatic carbocycles. The van der Waals surface area contributed by atoms with Crippen LogP contribution in [0.3, 0.4) is 0 Å². The predicted octanol–water partition coefficient (Wildman–Crippen LogP) is 0.440. The minimum Gasteiger partial charge on any atom is -0.447 e. The van der Waals surface area contributed by atoms with Crippen LogP contribution in [0.5, 0.6) is 0 Å². The molecule has 0 bridgehead atoms. The van der Waals surface area contributed by atoms with Gasteiger partial charge in [-0.15, -0.1) is 0 Å². The Labute approximate surface area is 113 Å². The summed E-state index contributed by atoms with van der Waals surface area (Å²) >= 11 is 0. The van der Waals surface area contributed by atoms with Crippen LogP contribution in [0.2, 0.25) is 0 Å². The van der Waals surface area contributed by atoms with E-state index in [1.165, 1.54) is 6.07 Å². The summed E-state index contributed by atoms with van der Waals surface area (Å²) in [6.45, 7) is 3.53. The average molecular weight is 288 g/mol. The van der Waals surface area contributed by atoms with Gasteiger partial charge in [0.1, 0.15) is 5.76 Å². The van der Waals surface area contributed by atoms with E-state index in [9.17, 15) is 8.42 Å². The first-order valence-corrected chi connectivity index (χ1v) is 7.90. The van der Waals surface area contributed by atoms with E-state index in [1.807, 2.05) is 6.92 Å². The summed E-state index contributed by atoms with van der Waals surface area (Å²) in [6, 6.07) is 3.10. The third-order valence-electron chi connectivity index (χ3n) is 3.38. The first-order chi connectivity index (χ1) is 9.01. The lowest BCUT2D eigenvalue weighted by atomic mass is 10.1. The average Bonchev–Trinajstić information content (AvgIpc) is 3.03. The van der Waals surface area contributed by atoms with E-state index >= 15 is 0 Å². The molecular weight excluding hydrogens is 268 g/mol. The van der Waals surface area contributed by atoms with Gasteiger partial charge in [-0.2, -0.15) is 0 Å². The second-order valence-electron chi connectivity index (χ2n) is 4.98. The fraction of sp³-hybridized carbons (Fsp3) is 0.667. The van der Waals surface area contributed by atoms with E-state index in [0.29, 0.717) is 12.3 Å². The Bertz CT molecular complexity index is 520. The van der Waals surface area contributed by atoms with Crippen LogP contribution in [0.15, 0.2) is 21.6 Å². The number of aliphatic hydroxyl groups is 1. The largest absolute Gasteiger partial charge is 0.447 e. The monoisotopic (exact) mass is 288 g/mol. The highest BCUT2D eigenvalue weighted by molar-refractivity contribution is 7.89. The third-order valence-corrected chi connectivity index (χ3v) is 4.65. The van der Waals surface area contributed by atoms with Crippen LogP contribution in [0.25, 0.3) is 0 Å². The number of sulfonamides is 1. The van der Waals surface area contributed by atoms with Gasteiger partial charge >= 0.3 is 0 Å². The van der Waals surface area contributed by atoms with Crippen LogP contribution >= 0.6 is 0 Å². The van der Waals surface area contributed by atoms with E-state index in [1.54, 1.807) is 6.07 Å². The first kappa shape index (κ1) is 14.5. The molecule has 0 amide bonds. The molecule has 19 heavy (non-hydrogen) atoms. The van der Waals surface area contributed by atoms with Crippen molar-refractivity contribution in [3.05, 3.63) is 17.9 Å². The Morgan fingerprint density at radius 2 is 2.16 bits per heavy atom. The van der Waals surface area contributed by atoms with Gasteiger partial charge in [0.05, 0.1) is 6.54 Å². The highest BCUT2D eigenvalue weighted by atomic mass is 32.2. The molecule has 1 aromatic rings. The molecule has 0 unspecified atom stereocenters. The molecule has 1 aliphatic carbocycles. The quantitative estimate of drug-likeness (QED) is 0.645.